The Bertz CT molecular complexity index is 1160. The zero-order chi connectivity index (χ0) is 27.8. The Balaban J connectivity index is 1.90. The maximum atomic E-state index is 13.1. The lowest BCUT2D eigenvalue weighted by Crippen LogP contribution is -2.38. The average molecular weight is 609 g/mol. The van der Waals surface area contributed by atoms with Gasteiger partial charge in [-0.3, -0.25) is 0 Å². The third-order valence-corrected chi connectivity index (χ3v) is 4.88. The van der Waals surface area contributed by atoms with E-state index in [4.69, 9.17) is 4.74 Å². The van der Waals surface area contributed by atoms with Gasteiger partial charge in [0.05, 0.1) is 12.7 Å². The summed E-state index contributed by atoms with van der Waals surface area (Å²) in [6, 6.07) is 14.9. The van der Waals surface area contributed by atoms with Crippen molar-refractivity contribution in [2.45, 2.75) is 19.0 Å². The van der Waals surface area contributed by atoms with Crippen molar-refractivity contribution in [3.63, 3.8) is 0 Å². The van der Waals surface area contributed by atoms with Crippen LogP contribution in [0, 0.1) is 0 Å². The highest BCUT2D eigenvalue weighted by Gasteiger charge is 2.31. The molecule has 38 heavy (non-hydrogen) atoms. The standard InChI is InChI=1S/C23H19BrF6N4O4/c24-16-6-8-17(9-7-16)31-21(35)34(14-36-11-15-4-2-1-3-5-15)20-32-18(37-12-22(25,26)27)10-19(33-20)38-13-23(28,29)30/h1-10H,11-14H2,(H,31,35). The van der Waals surface area contributed by atoms with Crippen LogP contribution in [0.2, 0.25) is 0 Å². The van der Waals surface area contributed by atoms with Gasteiger partial charge in [0.25, 0.3) is 0 Å². The number of aromatic nitrogens is 2. The smallest absolute Gasteiger partial charge is 0.422 e. The molecular formula is C23H19BrF6N4O4. The first kappa shape index (κ1) is 29.0. The van der Waals surface area contributed by atoms with Crippen LogP contribution in [-0.2, 0) is 11.3 Å². The van der Waals surface area contributed by atoms with Crippen molar-refractivity contribution in [3.8, 4) is 11.8 Å². The maximum absolute atomic E-state index is 13.1. The van der Waals surface area contributed by atoms with E-state index in [1.165, 1.54) is 0 Å². The maximum Gasteiger partial charge on any atom is 0.422 e. The third-order valence-electron chi connectivity index (χ3n) is 4.35. The lowest BCUT2D eigenvalue weighted by atomic mass is 10.2. The van der Waals surface area contributed by atoms with Crippen LogP contribution >= 0.6 is 15.9 Å². The number of halogens is 7. The molecule has 3 rings (SSSR count). The summed E-state index contributed by atoms with van der Waals surface area (Å²) in [4.78, 5) is 21.4. The molecule has 0 bridgehead atoms. The molecule has 0 aliphatic rings. The van der Waals surface area contributed by atoms with Crippen LogP contribution in [0.25, 0.3) is 0 Å². The largest absolute Gasteiger partial charge is 0.468 e. The Morgan fingerprint density at radius 3 is 1.95 bits per heavy atom. The minimum atomic E-state index is -4.77. The molecule has 0 saturated carbocycles. The van der Waals surface area contributed by atoms with E-state index in [0.29, 0.717) is 11.8 Å². The lowest BCUT2D eigenvalue weighted by Gasteiger charge is -2.22. The van der Waals surface area contributed by atoms with Crippen LogP contribution < -0.4 is 19.7 Å². The van der Waals surface area contributed by atoms with Crippen LogP contribution in [0.3, 0.4) is 0 Å². The zero-order valence-electron chi connectivity index (χ0n) is 19.2. The summed E-state index contributed by atoms with van der Waals surface area (Å²) in [5.74, 6) is -2.16. The Labute approximate surface area is 220 Å². The monoisotopic (exact) mass is 608 g/mol. The highest BCUT2D eigenvalue weighted by Crippen LogP contribution is 2.26. The van der Waals surface area contributed by atoms with Crippen LogP contribution in [0.1, 0.15) is 5.56 Å². The number of carbonyl (C=O) groups is 1. The summed E-state index contributed by atoms with van der Waals surface area (Å²) in [6.45, 7) is -4.10. The Morgan fingerprint density at radius 1 is 0.868 bits per heavy atom. The number of alkyl halides is 6. The van der Waals surface area contributed by atoms with Crippen LogP contribution in [0.15, 0.2) is 65.1 Å². The lowest BCUT2D eigenvalue weighted by molar-refractivity contribution is -0.154. The minimum Gasteiger partial charge on any atom is -0.468 e. The fraction of sp³-hybridized carbons (Fsp3) is 0.261. The normalized spacial score (nSPS) is 11.7. The van der Waals surface area contributed by atoms with Crippen LogP contribution in [-0.4, -0.2) is 48.3 Å². The predicted molar refractivity (Wildman–Crippen MR) is 127 cm³/mol. The van der Waals surface area contributed by atoms with E-state index in [-0.39, 0.29) is 6.61 Å². The van der Waals surface area contributed by atoms with Gasteiger partial charge in [-0.25, -0.2) is 9.69 Å². The summed E-state index contributed by atoms with van der Waals surface area (Å²) in [7, 11) is 0. The second kappa shape index (κ2) is 12.8. The van der Waals surface area contributed by atoms with Crippen LogP contribution in [0.4, 0.5) is 42.8 Å². The van der Waals surface area contributed by atoms with E-state index in [0.717, 1.165) is 14.9 Å². The first-order valence-electron chi connectivity index (χ1n) is 10.6. The molecule has 8 nitrogen and oxygen atoms in total. The van der Waals surface area contributed by atoms with Gasteiger partial charge in [0.2, 0.25) is 17.7 Å². The molecule has 0 aliphatic heterocycles. The number of nitrogens with one attached hydrogen (secondary N) is 1. The molecule has 0 aliphatic carbocycles. The number of rotatable bonds is 10. The van der Waals surface area contributed by atoms with Crippen molar-refractivity contribution >= 4 is 33.6 Å². The molecule has 0 unspecified atom stereocenters. The van der Waals surface area contributed by atoms with E-state index in [2.05, 4.69) is 40.7 Å². The summed E-state index contributed by atoms with van der Waals surface area (Å²) >= 11 is 3.26. The van der Waals surface area contributed by atoms with Crippen molar-refractivity contribution in [2.24, 2.45) is 0 Å². The highest BCUT2D eigenvalue weighted by molar-refractivity contribution is 9.10. The first-order chi connectivity index (χ1) is 17.9. The third kappa shape index (κ3) is 10.0. The molecule has 1 heterocycles. The number of nitrogens with zero attached hydrogens (tertiary/aromatic N) is 3. The van der Waals surface area contributed by atoms with Gasteiger partial charge >= 0.3 is 18.4 Å². The van der Waals surface area contributed by atoms with E-state index in [9.17, 15) is 31.1 Å². The van der Waals surface area contributed by atoms with Gasteiger partial charge in [-0.15, -0.1) is 0 Å². The summed E-state index contributed by atoms with van der Waals surface area (Å²) < 4.78 is 91.6. The van der Waals surface area contributed by atoms with Crippen molar-refractivity contribution in [1.29, 1.82) is 0 Å². The summed E-state index contributed by atoms with van der Waals surface area (Å²) in [5.41, 5.74) is 1.06. The summed E-state index contributed by atoms with van der Waals surface area (Å²) in [5, 5.41) is 2.53. The molecular weight excluding hydrogens is 590 g/mol. The highest BCUT2D eigenvalue weighted by atomic mass is 79.9. The minimum absolute atomic E-state index is 0.0185. The molecule has 204 valence electrons. The number of hydrogen-bond donors (Lipinski definition) is 1. The zero-order valence-corrected chi connectivity index (χ0v) is 20.8. The summed E-state index contributed by atoms with van der Waals surface area (Å²) in [6.07, 6.45) is -9.54. The molecule has 3 aromatic rings. The molecule has 1 aromatic heterocycles. The van der Waals surface area contributed by atoms with Crippen molar-refractivity contribution in [2.75, 3.05) is 30.2 Å². The molecule has 0 radical (unpaired) electrons. The fourth-order valence-corrected chi connectivity index (χ4v) is 3.00. The Kier molecular flexibility index (Phi) is 9.74. The average Bonchev–Trinajstić information content (AvgIpc) is 2.85. The molecule has 2 amide bonds. The molecule has 0 atom stereocenters. The number of hydrogen-bond acceptors (Lipinski definition) is 6. The van der Waals surface area contributed by atoms with Crippen molar-refractivity contribution in [3.05, 3.63) is 70.7 Å². The SMILES string of the molecule is O=C(Nc1ccc(Br)cc1)N(COCc1ccccc1)c1nc(OCC(F)(F)F)cc(OCC(F)(F)F)n1. The number of amides is 2. The van der Waals surface area contributed by atoms with Crippen molar-refractivity contribution in [1.82, 2.24) is 9.97 Å². The molecule has 0 saturated heterocycles. The van der Waals surface area contributed by atoms with Gasteiger partial charge in [-0.2, -0.15) is 36.3 Å². The van der Waals surface area contributed by atoms with Gasteiger partial charge in [0, 0.05) is 10.2 Å². The number of carbonyl (C=O) groups excluding carboxylic acids is 1. The van der Waals surface area contributed by atoms with Crippen molar-refractivity contribution < 1.29 is 45.3 Å². The number of benzene rings is 2. The van der Waals surface area contributed by atoms with Gasteiger partial charge in [0.15, 0.2) is 13.2 Å². The molecule has 0 fully saturated rings. The second-order valence-electron chi connectivity index (χ2n) is 7.48. The Hall–Kier alpha value is -3.59. The molecule has 0 spiro atoms. The topological polar surface area (TPSA) is 85.8 Å². The van der Waals surface area contributed by atoms with E-state index >= 15 is 0 Å². The van der Waals surface area contributed by atoms with E-state index in [1.54, 1.807) is 54.6 Å². The molecule has 2 aromatic carbocycles. The Morgan fingerprint density at radius 2 is 1.42 bits per heavy atom. The van der Waals surface area contributed by atoms with Gasteiger partial charge < -0.3 is 19.5 Å². The first-order valence-corrected chi connectivity index (χ1v) is 11.4. The van der Waals surface area contributed by atoms with Gasteiger partial charge in [0.1, 0.15) is 6.73 Å². The second-order valence-corrected chi connectivity index (χ2v) is 8.40. The predicted octanol–water partition coefficient (Wildman–Crippen LogP) is 6.33. The fourth-order valence-electron chi connectivity index (χ4n) is 2.73. The van der Waals surface area contributed by atoms with Gasteiger partial charge in [-0.1, -0.05) is 46.3 Å². The number of ether oxygens (including phenoxy) is 3. The molecule has 1 N–H and O–H groups in total. The van der Waals surface area contributed by atoms with E-state index < -0.39 is 56.0 Å². The van der Waals surface area contributed by atoms with Crippen LogP contribution in [0.5, 0.6) is 11.8 Å². The quantitative estimate of drug-likeness (QED) is 0.214. The number of anilines is 2. The van der Waals surface area contributed by atoms with E-state index in [1.807, 2.05) is 0 Å². The molecule has 15 heteroatoms. The van der Waals surface area contributed by atoms with Gasteiger partial charge in [-0.05, 0) is 29.8 Å². The number of urea groups is 1.